The van der Waals surface area contributed by atoms with Crippen molar-refractivity contribution in [3.63, 3.8) is 0 Å². The molecular weight excluding hydrogens is 793 g/mol. The number of nitrogens with zero attached hydrogens (tertiary/aromatic N) is 6. The highest BCUT2D eigenvalue weighted by Gasteiger charge is 2.66. The number of amides is 1. The molecule has 1 unspecified atom stereocenters. The Kier molecular flexibility index (Phi) is 11.2. The zero-order chi connectivity index (χ0) is 43.1. The van der Waals surface area contributed by atoms with Gasteiger partial charge in [0.1, 0.15) is 5.75 Å². The van der Waals surface area contributed by atoms with Gasteiger partial charge in [0.25, 0.3) is 17.2 Å². The molecule has 4 aromatic carbocycles. The summed E-state index contributed by atoms with van der Waals surface area (Å²) in [5.74, 6) is -0.128. The van der Waals surface area contributed by atoms with Crippen LogP contribution in [-0.2, 0) is 28.2 Å². The van der Waals surface area contributed by atoms with Crippen LogP contribution in [0.5, 0.6) is 11.5 Å². The van der Waals surface area contributed by atoms with Gasteiger partial charge < -0.3 is 24.2 Å². The van der Waals surface area contributed by atoms with E-state index in [9.17, 15) is 20.0 Å². The highest BCUT2D eigenvalue weighted by atomic mass is 28.3. The Bertz CT molecular complexity index is 2630. The van der Waals surface area contributed by atoms with Gasteiger partial charge >= 0.3 is 0 Å². The lowest BCUT2D eigenvalue weighted by Gasteiger charge is -2.37. The number of aryl methyl sites for hydroxylation is 1. The number of nitro benzene ring substituents is 1. The number of hydrogen-bond acceptors (Lipinski definition) is 10. The maximum absolute atomic E-state index is 15.4. The summed E-state index contributed by atoms with van der Waals surface area (Å²) in [4.78, 5) is 42.1. The molecule has 1 fully saturated rings. The third kappa shape index (κ3) is 7.32. The number of non-ortho nitro benzene ring substituents is 1. The van der Waals surface area contributed by atoms with E-state index in [0.29, 0.717) is 35.6 Å². The van der Waals surface area contributed by atoms with Gasteiger partial charge in [-0.25, -0.2) is 0 Å². The maximum atomic E-state index is 15.4. The number of carbonyl (C=O) groups is 1. The summed E-state index contributed by atoms with van der Waals surface area (Å²) in [5.41, 5.74) is 1.75. The van der Waals surface area contributed by atoms with Crippen molar-refractivity contribution in [3.05, 3.63) is 164 Å². The first-order valence-electron chi connectivity index (χ1n) is 20.2. The Morgan fingerprint density at radius 3 is 2.43 bits per heavy atom. The topological polar surface area (TPSA) is 164 Å². The SMILES string of the molecule is COc1ccc([Si](C)(C)[C@@H]2[C@@H](CCn3cc(C(CO)c4ccccc4)nn3)O[C@]3(C(=O)N(Cc4cccc(-n5cccc(OC)c5=O)c4)c4ccc([N+](=O)[O-])cc43)[C@H]2C)cc1. The molecule has 15 heteroatoms. The average Bonchev–Trinajstić information content (AvgIpc) is 3.93. The van der Waals surface area contributed by atoms with E-state index in [1.807, 2.05) is 79.9 Å². The van der Waals surface area contributed by atoms with E-state index in [0.717, 1.165) is 22.1 Å². The zero-order valence-corrected chi connectivity index (χ0v) is 35.7. The lowest BCUT2D eigenvalue weighted by molar-refractivity contribution is -0.385. The summed E-state index contributed by atoms with van der Waals surface area (Å²) in [7, 11) is 0.526. The van der Waals surface area contributed by atoms with Crippen LogP contribution < -0.4 is 25.1 Å². The molecule has 5 atom stereocenters. The van der Waals surface area contributed by atoms with Crippen molar-refractivity contribution in [2.75, 3.05) is 25.7 Å². The predicted molar refractivity (Wildman–Crippen MR) is 232 cm³/mol. The fraction of sp³-hybridized carbons (Fsp3) is 0.304. The van der Waals surface area contributed by atoms with E-state index in [1.54, 1.807) is 41.1 Å². The minimum atomic E-state index is -2.55. The van der Waals surface area contributed by atoms with Crippen LogP contribution in [0.25, 0.3) is 5.69 Å². The maximum Gasteiger partial charge on any atom is 0.297 e. The summed E-state index contributed by atoms with van der Waals surface area (Å²) >= 11 is 0. The largest absolute Gasteiger partial charge is 0.497 e. The van der Waals surface area contributed by atoms with Gasteiger partial charge in [0.05, 0.1) is 63.8 Å². The van der Waals surface area contributed by atoms with Crippen LogP contribution in [0.4, 0.5) is 11.4 Å². The molecule has 0 bridgehead atoms. The lowest BCUT2D eigenvalue weighted by Crippen LogP contribution is -2.51. The van der Waals surface area contributed by atoms with E-state index < -0.39 is 30.6 Å². The Labute approximate surface area is 354 Å². The van der Waals surface area contributed by atoms with E-state index in [2.05, 4.69) is 35.5 Å². The van der Waals surface area contributed by atoms with E-state index in [-0.39, 0.29) is 47.5 Å². The minimum Gasteiger partial charge on any atom is -0.497 e. The van der Waals surface area contributed by atoms with Crippen LogP contribution in [0.3, 0.4) is 0 Å². The molecule has 0 aliphatic carbocycles. The number of carbonyl (C=O) groups excluding carboxylic acids is 1. The molecule has 4 heterocycles. The number of anilines is 1. The first-order valence-corrected chi connectivity index (χ1v) is 23.3. The molecular formula is C46H48N6O8Si. The molecule has 0 saturated carbocycles. The van der Waals surface area contributed by atoms with Gasteiger partial charge in [-0.05, 0) is 65.6 Å². The van der Waals surface area contributed by atoms with Crippen molar-refractivity contribution < 1.29 is 29.0 Å². The fourth-order valence-corrected chi connectivity index (χ4v) is 13.6. The van der Waals surface area contributed by atoms with Crippen LogP contribution in [0, 0.1) is 16.0 Å². The van der Waals surface area contributed by atoms with E-state index >= 15 is 4.79 Å². The molecule has 1 spiro atoms. The molecule has 14 nitrogen and oxygen atoms in total. The van der Waals surface area contributed by atoms with Gasteiger partial charge in [-0.1, -0.05) is 85.0 Å². The Morgan fingerprint density at radius 2 is 1.72 bits per heavy atom. The van der Waals surface area contributed by atoms with Gasteiger partial charge in [-0.2, -0.15) is 0 Å². The van der Waals surface area contributed by atoms with Crippen LogP contribution in [0.1, 0.15) is 41.6 Å². The van der Waals surface area contributed by atoms with Gasteiger partial charge in [0, 0.05) is 48.2 Å². The molecule has 1 N–H and O–H groups in total. The molecule has 2 aromatic heterocycles. The molecule has 6 aromatic rings. The summed E-state index contributed by atoms with van der Waals surface area (Å²) in [5, 5.41) is 32.7. The Balaban J connectivity index is 1.18. The second-order valence-electron chi connectivity index (χ2n) is 16.3. The fourth-order valence-electron chi connectivity index (χ4n) is 9.56. The second kappa shape index (κ2) is 16.6. The number of aliphatic hydroxyl groups is 1. The minimum absolute atomic E-state index is 0.123. The van der Waals surface area contributed by atoms with Crippen LogP contribution in [0.2, 0.25) is 18.6 Å². The van der Waals surface area contributed by atoms with Crippen molar-refractivity contribution in [2.24, 2.45) is 5.92 Å². The molecule has 61 heavy (non-hydrogen) atoms. The number of methoxy groups -OCH3 is 2. The number of aromatic nitrogens is 4. The Morgan fingerprint density at radius 1 is 0.951 bits per heavy atom. The number of pyridine rings is 1. The smallest absolute Gasteiger partial charge is 0.297 e. The van der Waals surface area contributed by atoms with Crippen LogP contribution >= 0.6 is 0 Å². The molecule has 0 radical (unpaired) electrons. The Hall–Kier alpha value is -6.42. The van der Waals surface area contributed by atoms with Gasteiger partial charge in [-0.3, -0.25) is 29.0 Å². The second-order valence-corrected chi connectivity index (χ2v) is 21.0. The third-order valence-corrected chi connectivity index (χ3v) is 17.0. The number of ether oxygens (including phenoxy) is 3. The highest BCUT2D eigenvalue weighted by molar-refractivity contribution is 6.91. The molecule has 1 saturated heterocycles. The van der Waals surface area contributed by atoms with E-state index in [4.69, 9.17) is 14.2 Å². The summed E-state index contributed by atoms with van der Waals surface area (Å²) in [6.45, 7) is 7.00. The van der Waals surface area contributed by atoms with Crippen molar-refractivity contribution >= 4 is 30.5 Å². The van der Waals surface area contributed by atoms with Crippen molar-refractivity contribution in [1.82, 2.24) is 19.6 Å². The van der Waals surface area contributed by atoms with Crippen molar-refractivity contribution in [2.45, 2.75) is 62.7 Å². The normalized spacial score (nSPS) is 20.2. The lowest BCUT2D eigenvalue weighted by atomic mass is 9.82. The van der Waals surface area contributed by atoms with E-state index in [1.165, 1.54) is 23.8 Å². The van der Waals surface area contributed by atoms with Gasteiger partial charge in [-0.15, -0.1) is 5.10 Å². The first-order chi connectivity index (χ1) is 29.4. The molecule has 1 amide bonds. The number of benzene rings is 4. The number of nitro groups is 1. The highest BCUT2D eigenvalue weighted by Crippen LogP contribution is 2.60. The van der Waals surface area contributed by atoms with Gasteiger partial charge in [0.2, 0.25) is 0 Å². The monoisotopic (exact) mass is 840 g/mol. The predicted octanol–water partition coefficient (Wildman–Crippen LogP) is 6.33. The van der Waals surface area contributed by atoms with Gasteiger partial charge in [0.15, 0.2) is 11.4 Å². The zero-order valence-electron chi connectivity index (χ0n) is 34.7. The third-order valence-electron chi connectivity index (χ3n) is 12.6. The molecule has 8 rings (SSSR count). The number of rotatable bonds is 14. The number of aliphatic hydroxyl groups excluding tert-OH is 1. The molecule has 2 aliphatic rings. The summed E-state index contributed by atoms with van der Waals surface area (Å²) in [6.07, 6.45) is 3.51. The summed E-state index contributed by atoms with van der Waals surface area (Å²) in [6, 6.07) is 33.0. The number of fused-ring (bicyclic) bond motifs is 2. The van der Waals surface area contributed by atoms with Crippen molar-refractivity contribution in [1.29, 1.82) is 0 Å². The van der Waals surface area contributed by atoms with Crippen molar-refractivity contribution in [3.8, 4) is 17.2 Å². The summed E-state index contributed by atoms with van der Waals surface area (Å²) < 4.78 is 21.3. The molecule has 2 aliphatic heterocycles. The average molecular weight is 841 g/mol. The molecule has 314 valence electrons. The van der Waals surface area contributed by atoms with Crippen LogP contribution in [0.15, 0.2) is 126 Å². The first kappa shape index (κ1) is 41.3. The van der Waals surface area contributed by atoms with Crippen LogP contribution in [-0.4, -0.2) is 70.5 Å². The quantitative estimate of drug-likeness (QED) is 0.0745. The number of hydrogen-bond donors (Lipinski definition) is 1. The standard InChI is InChI=1S/C46H48N6O8Si/c1-30-43(61(4,5)36-19-17-35(58-2)18-20-36)41(22-24-49-28-39(47-48-49)37(29-53)32-12-7-6-8-13-32)60-46(30)38-26-34(52(56)57)16-21-40(38)51(45(46)55)27-31-11-9-14-33(25-31)50-23-10-15-42(59-3)44(50)54/h6-21,23,25-26,28,30,37,41,43,53H,22,24,27,29H2,1-5H3/t30-,37?,41+,43-,46+/m0/s1.